The summed E-state index contributed by atoms with van der Waals surface area (Å²) in [5, 5.41) is 2.99. The number of nitrogens with zero attached hydrogens (tertiary/aromatic N) is 2. The maximum atomic E-state index is 12.2. The highest BCUT2D eigenvalue weighted by Gasteiger charge is 2.15. The van der Waals surface area contributed by atoms with E-state index >= 15 is 0 Å². The number of benzene rings is 1. The standard InChI is InChI=1S/C15H20N4O/c1-4-13(14-16-9-10-17-14)18-15(20)11-5-7-12(8-6-11)19(2)3/h5-10,13H,4H2,1-3H3,(H,16,17)(H,18,20). The molecular formula is C15H20N4O. The van der Waals surface area contributed by atoms with E-state index < -0.39 is 0 Å². The summed E-state index contributed by atoms with van der Waals surface area (Å²) in [4.78, 5) is 21.5. The molecule has 0 radical (unpaired) electrons. The lowest BCUT2D eigenvalue weighted by Gasteiger charge is -2.16. The topological polar surface area (TPSA) is 61.0 Å². The molecule has 106 valence electrons. The normalized spacial score (nSPS) is 11.9. The number of carbonyl (C=O) groups excluding carboxylic acids is 1. The predicted octanol–water partition coefficient (Wildman–Crippen LogP) is 2.36. The molecule has 1 heterocycles. The first-order valence-corrected chi connectivity index (χ1v) is 6.69. The molecule has 2 N–H and O–H groups in total. The molecule has 1 unspecified atom stereocenters. The Morgan fingerprint density at radius 3 is 2.55 bits per heavy atom. The summed E-state index contributed by atoms with van der Waals surface area (Å²) < 4.78 is 0. The number of rotatable bonds is 5. The van der Waals surface area contributed by atoms with Gasteiger partial charge in [0.25, 0.3) is 5.91 Å². The van der Waals surface area contributed by atoms with Crippen molar-refractivity contribution in [3.63, 3.8) is 0 Å². The summed E-state index contributed by atoms with van der Waals surface area (Å²) in [5.74, 6) is 0.698. The van der Waals surface area contributed by atoms with Crippen LogP contribution in [-0.4, -0.2) is 30.0 Å². The Morgan fingerprint density at radius 2 is 2.05 bits per heavy atom. The van der Waals surface area contributed by atoms with Crippen molar-refractivity contribution in [2.45, 2.75) is 19.4 Å². The lowest BCUT2D eigenvalue weighted by molar-refractivity contribution is 0.0934. The minimum Gasteiger partial charge on any atom is -0.378 e. The molecule has 20 heavy (non-hydrogen) atoms. The Labute approximate surface area is 119 Å². The summed E-state index contributed by atoms with van der Waals surface area (Å²) in [7, 11) is 3.94. The molecule has 0 spiro atoms. The van der Waals surface area contributed by atoms with Crippen molar-refractivity contribution in [2.75, 3.05) is 19.0 Å². The predicted molar refractivity (Wildman–Crippen MR) is 79.9 cm³/mol. The minimum atomic E-state index is -0.0916. The van der Waals surface area contributed by atoms with Gasteiger partial charge < -0.3 is 15.2 Å². The summed E-state index contributed by atoms with van der Waals surface area (Å²) in [6.45, 7) is 2.02. The second-order valence-electron chi connectivity index (χ2n) is 4.85. The quantitative estimate of drug-likeness (QED) is 0.878. The van der Waals surface area contributed by atoms with Gasteiger partial charge in [-0.2, -0.15) is 0 Å². The van der Waals surface area contributed by atoms with Gasteiger partial charge in [0.05, 0.1) is 6.04 Å². The number of aromatic amines is 1. The molecule has 5 nitrogen and oxygen atoms in total. The maximum Gasteiger partial charge on any atom is 0.251 e. The van der Waals surface area contributed by atoms with Gasteiger partial charge in [0.1, 0.15) is 5.82 Å². The number of carbonyl (C=O) groups is 1. The summed E-state index contributed by atoms with van der Waals surface area (Å²) in [6.07, 6.45) is 4.24. The van der Waals surface area contributed by atoms with Gasteiger partial charge in [-0.05, 0) is 30.7 Å². The molecule has 1 amide bonds. The van der Waals surface area contributed by atoms with Gasteiger partial charge >= 0.3 is 0 Å². The number of hydrogen-bond acceptors (Lipinski definition) is 3. The van der Waals surface area contributed by atoms with Crippen LogP contribution in [0.3, 0.4) is 0 Å². The largest absolute Gasteiger partial charge is 0.378 e. The van der Waals surface area contributed by atoms with Gasteiger partial charge in [0.15, 0.2) is 0 Å². The zero-order valence-electron chi connectivity index (χ0n) is 12.1. The molecule has 0 saturated carbocycles. The summed E-state index contributed by atoms with van der Waals surface area (Å²) in [6, 6.07) is 7.44. The highest BCUT2D eigenvalue weighted by Crippen LogP contribution is 2.15. The number of hydrogen-bond donors (Lipinski definition) is 2. The zero-order chi connectivity index (χ0) is 14.5. The lowest BCUT2D eigenvalue weighted by Crippen LogP contribution is -2.28. The summed E-state index contributed by atoms with van der Waals surface area (Å²) >= 11 is 0. The molecule has 0 fully saturated rings. The third-order valence-corrected chi connectivity index (χ3v) is 3.21. The molecular weight excluding hydrogens is 252 g/mol. The molecule has 0 aliphatic heterocycles. The second kappa shape index (κ2) is 6.23. The van der Waals surface area contributed by atoms with Crippen molar-refractivity contribution in [3.8, 4) is 0 Å². The molecule has 5 heteroatoms. The number of H-pyrrole nitrogens is 1. The molecule has 1 aromatic heterocycles. The SMILES string of the molecule is CCC(NC(=O)c1ccc(N(C)C)cc1)c1ncc[nH]1. The van der Waals surface area contributed by atoms with Gasteiger partial charge in [-0.1, -0.05) is 6.92 Å². The third kappa shape index (κ3) is 3.17. The van der Waals surface area contributed by atoms with Crippen molar-refractivity contribution in [1.29, 1.82) is 0 Å². The van der Waals surface area contributed by atoms with E-state index in [2.05, 4.69) is 15.3 Å². The Bertz CT molecular complexity index is 546. The van der Waals surface area contributed by atoms with E-state index in [9.17, 15) is 4.79 Å². The van der Waals surface area contributed by atoms with E-state index in [0.717, 1.165) is 17.9 Å². The number of amides is 1. The molecule has 1 aromatic carbocycles. The average Bonchev–Trinajstić information content (AvgIpc) is 2.98. The number of nitrogens with one attached hydrogen (secondary N) is 2. The number of imidazole rings is 1. The van der Waals surface area contributed by atoms with Crippen molar-refractivity contribution < 1.29 is 4.79 Å². The fraction of sp³-hybridized carbons (Fsp3) is 0.333. The van der Waals surface area contributed by atoms with Crippen molar-refractivity contribution >= 4 is 11.6 Å². The molecule has 0 aliphatic rings. The van der Waals surface area contributed by atoms with Crippen LogP contribution in [0.5, 0.6) is 0 Å². The van der Waals surface area contributed by atoms with E-state index in [0.29, 0.717) is 5.56 Å². The van der Waals surface area contributed by atoms with Crippen molar-refractivity contribution in [3.05, 3.63) is 48.0 Å². The van der Waals surface area contributed by atoms with Crippen LogP contribution in [0.2, 0.25) is 0 Å². The van der Waals surface area contributed by atoms with Gasteiger partial charge in [-0.3, -0.25) is 4.79 Å². The van der Waals surface area contributed by atoms with Crippen molar-refractivity contribution in [1.82, 2.24) is 15.3 Å². The molecule has 0 aliphatic carbocycles. The Kier molecular flexibility index (Phi) is 4.40. The van der Waals surface area contributed by atoms with Crippen LogP contribution in [0.25, 0.3) is 0 Å². The van der Waals surface area contributed by atoms with E-state index in [-0.39, 0.29) is 11.9 Å². The lowest BCUT2D eigenvalue weighted by atomic mass is 10.1. The first kappa shape index (κ1) is 14.1. The molecule has 0 bridgehead atoms. The van der Waals surface area contributed by atoms with Crippen LogP contribution in [0.15, 0.2) is 36.7 Å². The molecule has 0 saturated heterocycles. The fourth-order valence-corrected chi connectivity index (χ4v) is 1.98. The molecule has 1 atom stereocenters. The van der Waals surface area contributed by atoms with Crippen LogP contribution >= 0.6 is 0 Å². The van der Waals surface area contributed by atoms with Crippen LogP contribution in [0.4, 0.5) is 5.69 Å². The fourth-order valence-electron chi connectivity index (χ4n) is 1.98. The highest BCUT2D eigenvalue weighted by atomic mass is 16.1. The van der Waals surface area contributed by atoms with Gasteiger partial charge in [-0.25, -0.2) is 4.98 Å². The molecule has 2 aromatic rings. The van der Waals surface area contributed by atoms with Crippen LogP contribution in [0, 0.1) is 0 Å². The number of anilines is 1. The van der Waals surface area contributed by atoms with E-state index in [4.69, 9.17) is 0 Å². The van der Waals surface area contributed by atoms with E-state index in [1.54, 1.807) is 12.4 Å². The number of aromatic nitrogens is 2. The Hall–Kier alpha value is -2.30. The summed E-state index contributed by atoms with van der Waals surface area (Å²) in [5.41, 5.74) is 1.72. The van der Waals surface area contributed by atoms with Gasteiger partial charge in [-0.15, -0.1) is 0 Å². The second-order valence-corrected chi connectivity index (χ2v) is 4.85. The first-order chi connectivity index (χ1) is 9.61. The average molecular weight is 272 g/mol. The van der Waals surface area contributed by atoms with Crippen LogP contribution < -0.4 is 10.2 Å². The van der Waals surface area contributed by atoms with Gasteiger partial charge in [0, 0.05) is 37.7 Å². The van der Waals surface area contributed by atoms with Gasteiger partial charge in [0.2, 0.25) is 0 Å². The minimum absolute atomic E-state index is 0.0847. The van der Waals surface area contributed by atoms with Crippen molar-refractivity contribution in [2.24, 2.45) is 0 Å². The first-order valence-electron chi connectivity index (χ1n) is 6.69. The van der Waals surface area contributed by atoms with E-state index in [1.165, 1.54) is 0 Å². The molecule has 2 rings (SSSR count). The Morgan fingerprint density at radius 1 is 1.35 bits per heavy atom. The maximum absolute atomic E-state index is 12.2. The monoisotopic (exact) mass is 272 g/mol. The third-order valence-electron chi connectivity index (χ3n) is 3.21. The van der Waals surface area contributed by atoms with E-state index in [1.807, 2.05) is 50.2 Å². The Balaban J connectivity index is 2.07. The smallest absolute Gasteiger partial charge is 0.251 e. The van der Waals surface area contributed by atoms with Crippen LogP contribution in [-0.2, 0) is 0 Å². The zero-order valence-corrected chi connectivity index (χ0v) is 12.1. The van der Waals surface area contributed by atoms with Crippen LogP contribution in [0.1, 0.15) is 35.6 Å². The highest BCUT2D eigenvalue weighted by molar-refractivity contribution is 5.94.